The van der Waals surface area contributed by atoms with E-state index in [4.69, 9.17) is 10.2 Å². The zero-order valence-electron chi connectivity index (χ0n) is 6.57. The first-order chi connectivity index (χ1) is 5.00. The summed E-state index contributed by atoms with van der Waals surface area (Å²) < 4.78 is 0. The van der Waals surface area contributed by atoms with E-state index in [0.29, 0.717) is 6.42 Å². The molecular weight excluding hydrogens is 285 g/mol. The molecule has 0 aromatic rings. The molecule has 0 bridgehead atoms. The Labute approximate surface area is 111 Å². The predicted molar refractivity (Wildman–Crippen MR) is 46.8 cm³/mol. The molecule has 0 amide bonds. The number of rotatable bonds is 4. The van der Waals surface area contributed by atoms with Gasteiger partial charge >= 0.3 is 60.8 Å². The van der Waals surface area contributed by atoms with Crippen LogP contribution in [0, 0.1) is 11.8 Å². The van der Waals surface area contributed by atoms with Crippen molar-refractivity contribution in [3.05, 3.63) is 0 Å². The van der Waals surface area contributed by atoms with Crippen LogP contribution in [0.5, 0.6) is 0 Å². The molecule has 0 fully saturated rings. The van der Waals surface area contributed by atoms with Crippen molar-refractivity contribution in [1.29, 1.82) is 0 Å². The molecular formula is C7H14BaO4. The number of carboxylic acids is 2. The maximum absolute atomic E-state index is 10.4. The third-order valence-corrected chi connectivity index (χ3v) is 1.75. The summed E-state index contributed by atoms with van der Waals surface area (Å²) in [5.74, 6) is -4.09. The number of carboxylic acid groups (broad SMARTS) is 2. The van der Waals surface area contributed by atoms with Gasteiger partial charge in [-0.2, -0.15) is 0 Å². The van der Waals surface area contributed by atoms with Crippen molar-refractivity contribution >= 4 is 60.8 Å². The Bertz CT molecular complexity index is 155. The minimum atomic E-state index is -1.26. The van der Waals surface area contributed by atoms with Crippen LogP contribution in [0.25, 0.3) is 0 Å². The van der Waals surface area contributed by atoms with Crippen LogP contribution in [0.3, 0.4) is 0 Å². The number of aliphatic carboxylic acids is 2. The van der Waals surface area contributed by atoms with Gasteiger partial charge in [0.1, 0.15) is 0 Å². The normalized spacial score (nSPS) is 11.9. The molecule has 68 valence electrons. The van der Waals surface area contributed by atoms with Crippen LogP contribution >= 0.6 is 0 Å². The summed E-state index contributed by atoms with van der Waals surface area (Å²) in [6, 6.07) is 0. The number of hydrogen-bond acceptors (Lipinski definition) is 2. The van der Waals surface area contributed by atoms with Gasteiger partial charge in [-0.15, -0.1) is 0 Å². The van der Waals surface area contributed by atoms with Crippen LogP contribution in [-0.2, 0) is 9.59 Å². The first-order valence-corrected chi connectivity index (χ1v) is 3.46. The predicted octanol–water partition coefficient (Wildman–Crippen LogP) is -0.0983. The van der Waals surface area contributed by atoms with Gasteiger partial charge in [-0.3, -0.25) is 9.59 Å². The Morgan fingerprint density at radius 2 is 1.58 bits per heavy atom. The SMILES string of the molecule is CCC(C)C(C(=O)O)C(=O)O.[BaH2]. The summed E-state index contributed by atoms with van der Waals surface area (Å²) in [5.41, 5.74) is 0. The van der Waals surface area contributed by atoms with E-state index in [1.54, 1.807) is 13.8 Å². The first kappa shape index (κ1) is 15.0. The van der Waals surface area contributed by atoms with E-state index in [-0.39, 0.29) is 54.8 Å². The fraction of sp³-hybridized carbons (Fsp3) is 0.714. The molecule has 0 radical (unpaired) electrons. The minimum absolute atomic E-state index is 0. The molecule has 1 unspecified atom stereocenters. The average Bonchev–Trinajstić information content (AvgIpc) is 1.85. The molecule has 0 rings (SSSR count). The second-order valence-corrected chi connectivity index (χ2v) is 2.54. The molecule has 0 aliphatic heterocycles. The Kier molecular flexibility index (Phi) is 8.71. The van der Waals surface area contributed by atoms with E-state index in [9.17, 15) is 9.59 Å². The van der Waals surface area contributed by atoms with Crippen LogP contribution in [0.1, 0.15) is 20.3 Å². The zero-order chi connectivity index (χ0) is 9.02. The van der Waals surface area contributed by atoms with Crippen LogP contribution in [0.4, 0.5) is 0 Å². The van der Waals surface area contributed by atoms with Crippen molar-refractivity contribution in [2.45, 2.75) is 20.3 Å². The first-order valence-electron chi connectivity index (χ1n) is 3.46. The standard InChI is InChI=1S/C7H12O4.Ba.2H/c1-3-4(2)5(6(8)9)7(10)11;;;/h4-5H,3H2,1-2H3,(H,8,9)(H,10,11);;;. The van der Waals surface area contributed by atoms with E-state index in [1.807, 2.05) is 0 Å². The van der Waals surface area contributed by atoms with Crippen LogP contribution in [0.15, 0.2) is 0 Å². The zero-order valence-corrected chi connectivity index (χ0v) is 6.57. The molecule has 1 atom stereocenters. The van der Waals surface area contributed by atoms with Gasteiger partial charge < -0.3 is 10.2 Å². The molecule has 0 aromatic heterocycles. The van der Waals surface area contributed by atoms with Gasteiger partial charge in [0.15, 0.2) is 5.92 Å². The Morgan fingerprint density at radius 3 is 1.67 bits per heavy atom. The molecule has 0 aromatic carbocycles. The molecule has 0 heterocycles. The van der Waals surface area contributed by atoms with E-state index in [1.165, 1.54) is 0 Å². The maximum atomic E-state index is 10.4. The van der Waals surface area contributed by atoms with Crippen LogP contribution < -0.4 is 0 Å². The van der Waals surface area contributed by atoms with Crippen molar-refractivity contribution in [2.75, 3.05) is 0 Å². The Balaban J connectivity index is 0. The molecule has 0 aliphatic rings. The summed E-state index contributed by atoms with van der Waals surface area (Å²) in [6.45, 7) is 3.39. The Hall–Kier alpha value is 0.511. The molecule has 0 aliphatic carbocycles. The number of carbonyl (C=O) groups is 2. The molecule has 0 saturated carbocycles. The van der Waals surface area contributed by atoms with Crippen molar-refractivity contribution < 1.29 is 19.8 Å². The fourth-order valence-electron chi connectivity index (χ4n) is 0.828. The second kappa shape index (κ2) is 6.97. The summed E-state index contributed by atoms with van der Waals surface area (Å²) in [5, 5.41) is 16.9. The molecule has 0 spiro atoms. The van der Waals surface area contributed by atoms with Crippen LogP contribution in [-0.4, -0.2) is 71.0 Å². The summed E-state index contributed by atoms with van der Waals surface area (Å²) in [7, 11) is 0. The van der Waals surface area contributed by atoms with Gasteiger partial charge in [-0.25, -0.2) is 0 Å². The Morgan fingerprint density at radius 1 is 1.25 bits per heavy atom. The summed E-state index contributed by atoms with van der Waals surface area (Å²) in [4.78, 5) is 20.7. The van der Waals surface area contributed by atoms with Gasteiger partial charge in [0.25, 0.3) is 0 Å². The third kappa shape index (κ3) is 4.52. The fourth-order valence-corrected chi connectivity index (χ4v) is 0.828. The van der Waals surface area contributed by atoms with Gasteiger partial charge in [0.05, 0.1) is 0 Å². The summed E-state index contributed by atoms with van der Waals surface area (Å²) in [6.07, 6.45) is 0.559. The molecule has 4 nitrogen and oxygen atoms in total. The van der Waals surface area contributed by atoms with Crippen molar-refractivity contribution in [3.8, 4) is 0 Å². The van der Waals surface area contributed by atoms with E-state index >= 15 is 0 Å². The quantitative estimate of drug-likeness (QED) is 0.562. The van der Waals surface area contributed by atoms with Crippen molar-refractivity contribution in [3.63, 3.8) is 0 Å². The second-order valence-electron chi connectivity index (χ2n) is 2.54. The van der Waals surface area contributed by atoms with Gasteiger partial charge in [-0.05, 0) is 5.92 Å². The monoisotopic (exact) mass is 300 g/mol. The third-order valence-electron chi connectivity index (χ3n) is 1.75. The molecule has 12 heavy (non-hydrogen) atoms. The van der Waals surface area contributed by atoms with Gasteiger partial charge in [0, 0.05) is 0 Å². The molecule has 5 heteroatoms. The number of hydrogen-bond donors (Lipinski definition) is 2. The van der Waals surface area contributed by atoms with Gasteiger partial charge in [0.2, 0.25) is 0 Å². The molecule has 0 saturated heterocycles. The summed E-state index contributed by atoms with van der Waals surface area (Å²) >= 11 is 0. The van der Waals surface area contributed by atoms with Gasteiger partial charge in [-0.1, -0.05) is 20.3 Å². The average molecular weight is 300 g/mol. The van der Waals surface area contributed by atoms with Crippen LogP contribution in [0.2, 0.25) is 0 Å². The van der Waals surface area contributed by atoms with E-state index in [2.05, 4.69) is 0 Å². The topological polar surface area (TPSA) is 74.6 Å². The van der Waals surface area contributed by atoms with Crippen molar-refractivity contribution in [1.82, 2.24) is 0 Å². The molecule has 2 N–H and O–H groups in total. The van der Waals surface area contributed by atoms with E-state index < -0.39 is 17.9 Å². The van der Waals surface area contributed by atoms with E-state index in [0.717, 1.165) is 0 Å². The van der Waals surface area contributed by atoms with Crippen molar-refractivity contribution in [2.24, 2.45) is 11.8 Å².